The number of hydrogen-bond acceptors (Lipinski definition) is 11. The van der Waals surface area contributed by atoms with E-state index >= 15 is 0 Å². The van der Waals surface area contributed by atoms with Crippen molar-refractivity contribution in [2.45, 2.75) is 148 Å². The molecule has 0 aromatic carbocycles. The van der Waals surface area contributed by atoms with Crippen LogP contribution in [0.15, 0.2) is 0 Å². The number of carboxylic acid groups (broad SMARTS) is 3. The predicted octanol–water partition coefficient (Wildman–Crippen LogP) is 5.51. The van der Waals surface area contributed by atoms with Crippen LogP contribution < -0.4 is 10.6 Å². The first-order valence-corrected chi connectivity index (χ1v) is 21.5. The molecule has 0 aromatic rings. The van der Waals surface area contributed by atoms with Crippen LogP contribution in [0.5, 0.6) is 0 Å². The van der Waals surface area contributed by atoms with Crippen LogP contribution in [0.2, 0.25) is 0 Å². The molecule has 0 unspecified atom stereocenters. The summed E-state index contributed by atoms with van der Waals surface area (Å²) in [6.07, 6.45) is 16.0. The van der Waals surface area contributed by atoms with Crippen molar-refractivity contribution in [3.8, 4) is 0 Å². The summed E-state index contributed by atoms with van der Waals surface area (Å²) in [5.41, 5.74) is 0. The average molecular weight is 831 g/mol. The fraction of sp³-hybridized carbons (Fsp3) is 0.833. The van der Waals surface area contributed by atoms with Gasteiger partial charge in [-0.2, -0.15) is 0 Å². The third-order valence-corrected chi connectivity index (χ3v) is 9.50. The molecule has 0 aliphatic carbocycles. The van der Waals surface area contributed by atoms with Crippen LogP contribution in [0.4, 0.5) is 0 Å². The number of Topliss-reactive ketones (excluding diaryl/α,β-unsaturated/α-hetero) is 2. The van der Waals surface area contributed by atoms with E-state index in [1.54, 1.807) is 6.92 Å². The van der Waals surface area contributed by atoms with Crippen LogP contribution in [0.1, 0.15) is 148 Å². The molecule has 336 valence electrons. The Hall–Kier alpha value is -3.47. The highest BCUT2D eigenvalue weighted by molar-refractivity contribution is 5.84. The van der Waals surface area contributed by atoms with E-state index in [0.29, 0.717) is 51.9 Å². The highest BCUT2D eigenvalue weighted by atomic mass is 16.5. The standard InChI is InChI=1S/C42H74N2O14/c1-34(41(51)52)17-14-15-23-43-39(48)33-58-30-27-55-25-16-19-37(46)32-57-29-28-56-26-24-44-38(47)22-21-35(42(53)54)31-36(45)18-12-10-8-6-4-2-3-5-7-9-11-13-20-40(49)50/h34-35H,2-33H2,1H3,(H,43,48)(H,44,47)(H,49,50)(H,51,52)(H,53,54)/t34-,35+/m0/s1. The van der Waals surface area contributed by atoms with E-state index in [0.717, 1.165) is 64.2 Å². The molecule has 0 aliphatic rings. The second-order valence-electron chi connectivity index (χ2n) is 14.9. The predicted molar refractivity (Wildman–Crippen MR) is 216 cm³/mol. The van der Waals surface area contributed by atoms with Gasteiger partial charge in [-0.25, -0.2) is 0 Å². The van der Waals surface area contributed by atoms with Crippen molar-refractivity contribution in [3.63, 3.8) is 0 Å². The van der Waals surface area contributed by atoms with E-state index in [2.05, 4.69) is 10.6 Å². The molecule has 5 N–H and O–H groups in total. The topological polar surface area (TPSA) is 241 Å². The molecule has 0 aliphatic heterocycles. The number of nitrogens with one attached hydrogen (secondary N) is 2. The Kier molecular flexibility index (Phi) is 36.7. The van der Waals surface area contributed by atoms with E-state index in [1.807, 2.05) is 0 Å². The lowest BCUT2D eigenvalue weighted by Crippen LogP contribution is -2.29. The van der Waals surface area contributed by atoms with E-state index < -0.39 is 29.7 Å². The minimum absolute atomic E-state index is 0.00178. The summed E-state index contributed by atoms with van der Waals surface area (Å²) in [7, 11) is 0. The molecule has 2 amide bonds. The molecule has 0 saturated carbocycles. The first-order chi connectivity index (χ1) is 27.9. The minimum atomic E-state index is -1.08. The molecule has 0 aromatic heterocycles. The van der Waals surface area contributed by atoms with Crippen LogP contribution in [0.25, 0.3) is 0 Å². The van der Waals surface area contributed by atoms with Gasteiger partial charge < -0.3 is 44.9 Å². The molecule has 58 heavy (non-hydrogen) atoms. The lowest BCUT2D eigenvalue weighted by atomic mass is 9.94. The second-order valence-corrected chi connectivity index (χ2v) is 14.9. The summed E-state index contributed by atoms with van der Waals surface area (Å²) >= 11 is 0. The summed E-state index contributed by atoms with van der Waals surface area (Å²) in [6, 6.07) is 0. The first kappa shape index (κ1) is 54.5. The first-order valence-electron chi connectivity index (χ1n) is 21.5. The Morgan fingerprint density at radius 3 is 1.55 bits per heavy atom. The molecular formula is C42H74N2O14. The van der Waals surface area contributed by atoms with Crippen molar-refractivity contribution < 1.29 is 67.8 Å². The van der Waals surface area contributed by atoms with Gasteiger partial charge in [0.25, 0.3) is 0 Å². The Morgan fingerprint density at radius 2 is 0.966 bits per heavy atom. The molecule has 0 rings (SSSR count). The number of carbonyl (C=O) groups excluding carboxylic acids is 4. The lowest BCUT2D eigenvalue weighted by Gasteiger charge is -2.12. The van der Waals surface area contributed by atoms with E-state index in [1.165, 1.54) is 19.3 Å². The summed E-state index contributed by atoms with van der Waals surface area (Å²) in [5.74, 6) is -4.62. The summed E-state index contributed by atoms with van der Waals surface area (Å²) < 4.78 is 21.4. The van der Waals surface area contributed by atoms with Crippen molar-refractivity contribution in [3.05, 3.63) is 0 Å². The van der Waals surface area contributed by atoms with Crippen LogP contribution >= 0.6 is 0 Å². The van der Waals surface area contributed by atoms with Gasteiger partial charge in [-0.1, -0.05) is 77.6 Å². The minimum Gasteiger partial charge on any atom is -0.481 e. The molecule has 0 heterocycles. The molecule has 0 radical (unpaired) electrons. The summed E-state index contributed by atoms with van der Waals surface area (Å²) in [6.45, 7) is 3.79. The highest BCUT2D eigenvalue weighted by Crippen LogP contribution is 2.17. The monoisotopic (exact) mass is 831 g/mol. The number of carbonyl (C=O) groups is 7. The van der Waals surface area contributed by atoms with Crippen LogP contribution in [0.3, 0.4) is 0 Å². The summed E-state index contributed by atoms with van der Waals surface area (Å²) in [5, 5.41) is 32.5. The molecule has 0 bridgehead atoms. The molecular weight excluding hydrogens is 756 g/mol. The zero-order valence-corrected chi connectivity index (χ0v) is 35.1. The third kappa shape index (κ3) is 38.1. The number of aliphatic carboxylic acids is 3. The van der Waals surface area contributed by atoms with Crippen LogP contribution in [-0.4, -0.2) is 123 Å². The number of carboxylic acids is 3. The molecule has 0 fully saturated rings. The molecule has 16 heteroatoms. The fourth-order valence-electron chi connectivity index (χ4n) is 5.92. The van der Waals surface area contributed by atoms with Gasteiger partial charge in [0.05, 0.1) is 44.9 Å². The Labute approximate surface area is 345 Å². The van der Waals surface area contributed by atoms with Crippen molar-refractivity contribution in [1.82, 2.24) is 10.6 Å². The smallest absolute Gasteiger partial charge is 0.306 e. The molecule has 2 atom stereocenters. The van der Waals surface area contributed by atoms with Crippen molar-refractivity contribution in [1.29, 1.82) is 0 Å². The molecule has 16 nitrogen and oxygen atoms in total. The fourth-order valence-corrected chi connectivity index (χ4v) is 5.92. The van der Waals surface area contributed by atoms with Crippen LogP contribution in [-0.2, 0) is 52.5 Å². The second kappa shape index (κ2) is 39.0. The number of ether oxygens (including phenoxy) is 4. The van der Waals surface area contributed by atoms with Gasteiger partial charge in [0.1, 0.15) is 19.0 Å². The maximum absolute atomic E-state index is 12.4. The van der Waals surface area contributed by atoms with Gasteiger partial charge in [0.2, 0.25) is 11.8 Å². The number of rotatable bonds is 44. The van der Waals surface area contributed by atoms with Crippen molar-refractivity contribution in [2.75, 3.05) is 65.9 Å². The number of unbranched alkanes of at least 4 members (excludes halogenated alkanes) is 12. The average Bonchev–Trinajstić information content (AvgIpc) is 3.17. The zero-order valence-electron chi connectivity index (χ0n) is 35.1. The van der Waals surface area contributed by atoms with E-state index in [4.69, 9.17) is 29.2 Å². The Morgan fingerprint density at radius 1 is 0.448 bits per heavy atom. The van der Waals surface area contributed by atoms with Crippen molar-refractivity contribution >= 4 is 41.3 Å². The largest absolute Gasteiger partial charge is 0.481 e. The van der Waals surface area contributed by atoms with Crippen LogP contribution in [0, 0.1) is 11.8 Å². The quantitative estimate of drug-likeness (QED) is 0.0476. The normalized spacial score (nSPS) is 12.2. The molecule has 0 saturated heterocycles. The number of ketones is 2. The lowest BCUT2D eigenvalue weighted by molar-refractivity contribution is -0.144. The zero-order chi connectivity index (χ0) is 43.1. The third-order valence-electron chi connectivity index (χ3n) is 9.50. The van der Waals surface area contributed by atoms with Gasteiger partial charge in [-0.3, -0.25) is 33.6 Å². The van der Waals surface area contributed by atoms with Gasteiger partial charge in [0, 0.05) is 51.8 Å². The maximum Gasteiger partial charge on any atom is 0.306 e. The highest BCUT2D eigenvalue weighted by Gasteiger charge is 2.22. The summed E-state index contributed by atoms with van der Waals surface area (Å²) in [4.78, 5) is 81.3. The molecule has 0 spiro atoms. The van der Waals surface area contributed by atoms with Gasteiger partial charge in [-0.15, -0.1) is 0 Å². The SMILES string of the molecule is C[C@@H](CCCCNC(=O)COCCOCCCC(=O)COCCOCCNC(=O)CC[C@H](CC(=O)CCCCCCCCCCCCCCC(=O)O)C(=O)O)C(=O)O. The van der Waals surface area contributed by atoms with Gasteiger partial charge >= 0.3 is 17.9 Å². The van der Waals surface area contributed by atoms with Crippen molar-refractivity contribution in [2.24, 2.45) is 11.8 Å². The van der Waals surface area contributed by atoms with E-state index in [-0.39, 0.29) is 95.3 Å². The Balaban J connectivity index is 3.66. The number of amides is 2. The number of hydrogen-bond donors (Lipinski definition) is 5. The van der Waals surface area contributed by atoms with Gasteiger partial charge in [0.15, 0.2) is 5.78 Å². The van der Waals surface area contributed by atoms with E-state index in [9.17, 15) is 38.7 Å². The Bertz CT molecular complexity index is 1140. The van der Waals surface area contributed by atoms with Gasteiger partial charge in [-0.05, 0) is 38.5 Å². The maximum atomic E-state index is 12.4.